The number of benzene rings is 1. The van der Waals surface area contributed by atoms with Crippen molar-refractivity contribution in [2.45, 2.75) is 26.0 Å². The number of para-hydroxylation sites is 1. The van der Waals surface area contributed by atoms with Crippen LogP contribution in [0.2, 0.25) is 0 Å². The summed E-state index contributed by atoms with van der Waals surface area (Å²) in [6.07, 6.45) is 0.184. The van der Waals surface area contributed by atoms with Crippen LogP contribution in [0.5, 0.6) is 11.6 Å². The normalized spacial score (nSPS) is 14.5. The van der Waals surface area contributed by atoms with E-state index < -0.39 is 6.10 Å². The van der Waals surface area contributed by atoms with Gasteiger partial charge >= 0.3 is 0 Å². The Morgan fingerprint density at radius 1 is 1.19 bits per heavy atom. The maximum absolute atomic E-state index is 12.7. The average molecular weight is 356 g/mol. The van der Waals surface area contributed by atoms with Gasteiger partial charge in [0.15, 0.2) is 6.10 Å². The Kier molecular flexibility index (Phi) is 6.07. The summed E-state index contributed by atoms with van der Waals surface area (Å²) in [6.45, 7) is 3.96. The molecule has 0 spiro atoms. The second-order valence-electron chi connectivity index (χ2n) is 6.18. The fourth-order valence-corrected chi connectivity index (χ4v) is 2.90. The van der Waals surface area contributed by atoms with Crippen molar-refractivity contribution in [1.29, 1.82) is 0 Å². The van der Waals surface area contributed by atoms with E-state index in [0.29, 0.717) is 44.4 Å². The number of ether oxygens (including phenoxy) is 3. The molecule has 2 aromatic rings. The number of pyridine rings is 1. The molecule has 3 rings (SSSR count). The highest BCUT2D eigenvalue weighted by molar-refractivity contribution is 5.81. The van der Waals surface area contributed by atoms with Crippen molar-refractivity contribution in [2.75, 3.05) is 26.9 Å². The predicted molar refractivity (Wildman–Crippen MR) is 97.3 cm³/mol. The molecule has 0 N–H and O–H groups in total. The van der Waals surface area contributed by atoms with Crippen LogP contribution < -0.4 is 9.47 Å². The summed E-state index contributed by atoms with van der Waals surface area (Å²) < 4.78 is 16.3. The molecule has 6 nitrogen and oxygen atoms in total. The minimum atomic E-state index is -0.524. The van der Waals surface area contributed by atoms with Gasteiger partial charge in [-0.3, -0.25) is 4.79 Å². The van der Waals surface area contributed by atoms with E-state index in [0.717, 1.165) is 11.3 Å². The van der Waals surface area contributed by atoms with Crippen LogP contribution in [-0.4, -0.2) is 48.8 Å². The number of methoxy groups -OCH3 is 1. The van der Waals surface area contributed by atoms with E-state index in [1.165, 1.54) is 0 Å². The van der Waals surface area contributed by atoms with Crippen molar-refractivity contribution in [3.05, 3.63) is 53.7 Å². The van der Waals surface area contributed by atoms with Gasteiger partial charge in [-0.2, -0.15) is 0 Å². The third-order valence-electron chi connectivity index (χ3n) is 4.28. The molecule has 1 aromatic carbocycles. The first-order chi connectivity index (χ1) is 12.7. The standard InChI is InChI=1S/C20H24N2O4/c1-15(26-17-6-4-3-5-7-17)20(23)22-11-10-18-16(14-22)8-9-19(21-18)25-13-12-24-2/h3-9,15H,10-14H2,1-2H3. The number of hydrogen-bond donors (Lipinski definition) is 0. The summed E-state index contributed by atoms with van der Waals surface area (Å²) >= 11 is 0. The number of amides is 1. The highest BCUT2D eigenvalue weighted by atomic mass is 16.5. The van der Waals surface area contributed by atoms with E-state index in [-0.39, 0.29) is 5.91 Å². The SMILES string of the molecule is COCCOc1ccc2c(n1)CCN(C(=O)C(C)Oc1ccccc1)C2. The molecule has 2 heterocycles. The zero-order valence-electron chi connectivity index (χ0n) is 15.2. The number of rotatable bonds is 7. The van der Waals surface area contributed by atoms with Crippen molar-refractivity contribution in [2.24, 2.45) is 0 Å². The third-order valence-corrected chi connectivity index (χ3v) is 4.28. The molecule has 0 radical (unpaired) electrons. The van der Waals surface area contributed by atoms with E-state index >= 15 is 0 Å². The fraction of sp³-hybridized carbons (Fsp3) is 0.400. The van der Waals surface area contributed by atoms with Crippen LogP contribution in [0.1, 0.15) is 18.2 Å². The highest BCUT2D eigenvalue weighted by Crippen LogP contribution is 2.22. The topological polar surface area (TPSA) is 60.9 Å². The van der Waals surface area contributed by atoms with Gasteiger partial charge in [0.1, 0.15) is 12.4 Å². The monoisotopic (exact) mass is 356 g/mol. The largest absolute Gasteiger partial charge is 0.481 e. The van der Waals surface area contributed by atoms with E-state index in [2.05, 4.69) is 4.98 Å². The number of carbonyl (C=O) groups excluding carboxylic acids is 1. The second kappa shape index (κ2) is 8.67. The minimum absolute atomic E-state index is 0.0140. The summed E-state index contributed by atoms with van der Waals surface area (Å²) in [5.41, 5.74) is 2.04. The van der Waals surface area contributed by atoms with Crippen LogP contribution in [0, 0.1) is 0 Å². The molecule has 0 aliphatic carbocycles. The lowest BCUT2D eigenvalue weighted by molar-refractivity contribution is -0.138. The molecule has 1 amide bonds. The fourth-order valence-electron chi connectivity index (χ4n) is 2.90. The van der Waals surface area contributed by atoms with Gasteiger partial charge in [-0.1, -0.05) is 24.3 Å². The molecule has 1 aliphatic rings. The van der Waals surface area contributed by atoms with E-state index in [9.17, 15) is 4.79 Å². The van der Waals surface area contributed by atoms with E-state index in [1.54, 1.807) is 14.0 Å². The molecule has 1 unspecified atom stereocenters. The maximum Gasteiger partial charge on any atom is 0.263 e. The first-order valence-corrected chi connectivity index (χ1v) is 8.78. The summed E-state index contributed by atoms with van der Waals surface area (Å²) in [6, 6.07) is 13.2. The number of fused-ring (bicyclic) bond motifs is 1. The molecule has 0 bridgehead atoms. The van der Waals surface area contributed by atoms with Crippen LogP contribution in [0.4, 0.5) is 0 Å². The van der Waals surface area contributed by atoms with Gasteiger partial charge in [0, 0.05) is 32.7 Å². The first-order valence-electron chi connectivity index (χ1n) is 8.78. The summed E-state index contributed by atoms with van der Waals surface area (Å²) in [5, 5.41) is 0. The van der Waals surface area contributed by atoms with Gasteiger partial charge < -0.3 is 19.1 Å². The van der Waals surface area contributed by atoms with Crippen molar-refractivity contribution in [1.82, 2.24) is 9.88 Å². The first kappa shape index (κ1) is 18.2. The van der Waals surface area contributed by atoms with Crippen molar-refractivity contribution >= 4 is 5.91 Å². The van der Waals surface area contributed by atoms with Crippen molar-refractivity contribution in [3.63, 3.8) is 0 Å². The lowest BCUT2D eigenvalue weighted by atomic mass is 10.1. The van der Waals surface area contributed by atoms with Gasteiger partial charge in [-0.25, -0.2) is 4.98 Å². The zero-order valence-corrected chi connectivity index (χ0v) is 15.2. The number of nitrogens with zero attached hydrogens (tertiary/aromatic N) is 2. The summed E-state index contributed by atoms with van der Waals surface area (Å²) in [5.74, 6) is 1.28. The molecule has 1 aliphatic heterocycles. The Balaban J connectivity index is 1.59. The molecular formula is C20H24N2O4. The number of aromatic nitrogens is 1. The van der Waals surface area contributed by atoms with Gasteiger partial charge in [0.05, 0.1) is 12.3 Å². The summed E-state index contributed by atoms with van der Waals surface area (Å²) in [4.78, 5) is 19.1. The Labute approximate surface area is 153 Å². The molecule has 1 atom stereocenters. The quantitative estimate of drug-likeness (QED) is 0.713. The number of hydrogen-bond acceptors (Lipinski definition) is 5. The minimum Gasteiger partial charge on any atom is -0.481 e. The Bertz CT molecular complexity index is 736. The Morgan fingerprint density at radius 2 is 2.00 bits per heavy atom. The van der Waals surface area contributed by atoms with E-state index in [4.69, 9.17) is 14.2 Å². The Morgan fingerprint density at radius 3 is 2.77 bits per heavy atom. The molecule has 6 heteroatoms. The number of carbonyl (C=O) groups is 1. The van der Waals surface area contributed by atoms with Crippen molar-refractivity contribution in [3.8, 4) is 11.6 Å². The van der Waals surface area contributed by atoms with Crippen LogP contribution in [0.25, 0.3) is 0 Å². The third kappa shape index (κ3) is 4.52. The highest BCUT2D eigenvalue weighted by Gasteiger charge is 2.26. The molecule has 0 fully saturated rings. The van der Waals surface area contributed by atoms with Gasteiger partial charge in [0.25, 0.3) is 5.91 Å². The van der Waals surface area contributed by atoms with Crippen molar-refractivity contribution < 1.29 is 19.0 Å². The van der Waals surface area contributed by atoms with Gasteiger partial charge in [0.2, 0.25) is 5.88 Å². The Hall–Kier alpha value is -2.60. The molecule has 1 aromatic heterocycles. The molecule has 0 saturated heterocycles. The average Bonchev–Trinajstić information content (AvgIpc) is 2.68. The molecule has 0 saturated carbocycles. The molecular weight excluding hydrogens is 332 g/mol. The van der Waals surface area contributed by atoms with Crippen LogP contribution >= 0.6 is 0 Å². The zero-order chi connectivity index (χ0) is 18.4. The second-order valence-corrected chi connectivity index (χ2v) is 6.18. The van der Waals surface area contributed by atoms with Crippen LogP contribution in [0.3, 0.4) is 0 Å². The lowest BCUT2D eigenvalue weighted by Crippen LogP contribution is -2.43. The van der Waals surface area contributed by atoms with Gasteiger partial charge in [-0.05, 0) is 24.6 Å². The molecule has 26 heavy (non-hydrogen) atoms. The smallest absolute Gasteiger partial charge is 0.263 e. The maximum atomic E-state index is 12.7. The van der Waals surface area contributed by atoms with Crippen LogP contribution in [-0.2, 0) is 22.5 Å². The summed E-state index contributed by atoms with van der Waals surface area (Å²) in [7, 11) is 1.64. The van der Waals surface area contributed by atoms with Crippen LogP contribution in [0.15, 0.2) is 42.5 Å². The predicted octanol–water partition coefficient (Wildman–Crippen LogP) is 2.46. The molecule has 138 valence electrons. The van der Waals surface area contributed by atoms with E-state index in [1.807, 2.05) is 47.4 Å². The van der Waals surface area contributed by atoms with Gasteiger partial charge in [-0.15, -0.1) is 0 Å². The lowest BCUT2D eigenvalue weighted by Gasteiger charge is -2.30.